The van der Waals surface area contributed by atoms with Crippen molar-refractivity contribution in [3.8, 4) is 0 Å². The molecular weight excluding hydrogens is 220 g/mol. The molecule has 0 aromatic carbocycles. The molecule has 1 aliphatic rings. The Balaban J connectivity index is 1.97. The van der Waals surface area contributed by atoms with Gasteiger partial charge in [-0.15, -0.1) is 0 Å². The van der Waals surface area contributed by atoms with Gasteiger partial charge in [0.1, 0.15) is 0 Å². The van der Waals surface area contributed by atoms with Gasteiger partial charge in [-0.05, 0) is 43.7 Å². The van der Waals surface area contributed by atoms with Gasteiger partial charge in [-0.2, -0.15) is 0 Å². The molecule has 2 rings (SSSR count). The van der Waals surface area contributed by atoms with E-state index in [0.717, 1.165) is 23.6 Å². The Labute approximate surface area is 111 Å². The number of aromatic nitrogens is 1. The summed E-state index contributed by atoms with van der Waals surface area (Å²) in [5, 5.41) is 3.47. The molecule has 98 valence electrons. The lowest BCUT2D eigenvalue weighted by molar-refractivity contribution is 0.333. The van der Waals surface area contributed by atoms with Gasteiger partial charge >= 0.3 is 0 Å². The topological polar surface area (TPSA) is 24.9 Å². The zero-order valence-corrected chi connectivity index (χ0v) is 11.8. The van der Waals surface area contributed by atoms with Crippen LogP contribution in [0.4, 0.5) is 0 Å². The summed E-state index contributed by atoms with van der Waals surface area (Å²) in [6, 6.07) is 4.16. The fourth-order valence-corrected chi connectivity index (χ4v) is 2.61. The molecule has 0 radical (unpaired) electrons. The van der Waals surface area contributed by atoms with Crippen LogP contribution in [0.15, 0.2) is 18.7 Å². The largest absolute Gasteiger partial charge is 0.383 e. The number of aryl methyl sites for hydroxylation is 2. The van der Waals surface area contributed by atoms with Crippen LogP contribution in [-0.2, 0) is 0 Å². The van der Waals surface area contributed by atoms with Gasteiger partial charge in [-0.3, -0.25) is 4.98 Å². The van der Waals surface area contributed by atoms with Crippen LogP contribution < -0.4 is 5.32 Å². The zero-order chi connectivity index (χ0) is 13.2. The number of hydrogen-bond acceptors (Lipinski definition) is 2. The summed E-state index contributed by atoms with van der Waals surface area (Å²) in [7, 11) is 0. The molecule has 2 nitrogen and oxygen atoms in total. The summed E-state index contributed by atoms with van der Waals surface area (Å²) in [6.45, 7) is 11.6. The highest BCUT2D eigenvalue weighted by molar-refractivity contribution is 5.58. The van der Waals surface area contributed by atoms with Crippen LogP contribution in [0.1, 0.15) is 49.6 Å². The summed E-state index contributed by atoms with van der Waals surface area (Å²) in [6.07, 6.45) is 5.39. The van der Waals surface area contributed by atoms with Crippen molar-refractivity contribution in [2.75, 3.05) is 6.54 Å². The Morgan fingerprint density at radius 1 is 1.33 bits per heavy atom. The van der Waals surface area contributed by atoms with E-state index in [0.29, 0.717) is 5.41 Å². The Bertz CT molecular complexity index is 442. The second-order valence-electron chi connectivity index (χ2n) is 5.95. The summed E-state index contributed by atoms with van der Waals surface area (Å²) < 4.78 is 0. The van der Waals surface area contributed by atoms with Crippen LogP contribution >= 0.6 is 0 Å². The van der Waals surface area contributed by atoms with E-state index in [9.17, 15) is 0 Å². The number of rotatable bonds is 4. The number of nitrogens with one attached hydrogen (secondary N) is 1. The van der Waals surface area contributed by atoms with Crippen molar-refractivity contribution in [2.45, 2.75) is 46.5 Å². The quantitative estimate of drug-likeness (QED) is 0.870. The van der Waals surface area contributed by atoms with Crippen LogP contribution in [0.3, 0.4) is 0 Å². The third kappa shape index (κ3) is 2.92. The maximum absolute atomic E-state index is 4.58. The molecule has 1 N–H and O–H groups in total. The van der Waals surface area contributed by atoms with E-state index in [4.69, 9.17) is 0 Å². The molecule has 0 atom stereocenters. The van der Waals surface area contributed by atoms with Crippen molar-refractivity contribution < 1.29 is 0 Å². The minimum atomic E-state index is 0.447. The molecule has 1 saturated carbocycles. The highest BCUT2D eigenvalue weighted by atomic mass is 14.9. The van der Waals surface area contributed by atoms with Gasteiger partial charge in [0.05, 0.1) is 11.4 Å². The smallest absolute Gasteiger partial charge is 0.0858 e. The normalized spacial score (nSPS) is 17.7. The fraction of sp³-hybridized carbons (Fsp3) is 0.562. The summed E-state index contributed by atoms with van der Waals surface area (Å²) in [5.74, 6) is 0. The summed E-state index contributed by atoms with van der Waals surface area (Å²) >= 11 is 0. The second-order valence-corrected chi connectivity index (χ2v) is 5.95. The highest BCUT2D eigenvalue weighted by Crippen LogP contribution is 2.37. The lowest BCUT2D eigenvalue weighted by atomic mass is 9.89. The molecule has 0 saturated heterocycles. The molecule has 1 aromatic rings. The molecule has 0 amide bonds. The van der Waals surface area contributed by atoms with E-state index < -0.39 is 0 Å². The third-order valence-corrected chi connectivity index (χ3v) is 4.20. The average Bonchev–Trinajstić information content (AvgIpc) is 2.77. The summed E-state index contributed by atoms with van der Waals surface area (Å²) in [4.78, 5) is 4.58. The monoisotopic (exact) mass is 244 g/mol. The van der Waals surface area contributed by atoms with Crippen molar-refractivity contribution in [2.24, 2.45) is 5.41 Å². The van der Waals surface area contributed by atoms with Gasteiger partial charge in [0.15, 0.2) is 0 Å². The van der Waals surface area contributed by atoms with Crippen LogP contribution in [0.5, 0.6) is 0 Å². The van der Waals surface area contributed by atoms with Crippen molar-refractivity contribution in [1.82, 2.24) is 10.3 Å². The number of nitrogens with zero attached hydrogens (tertiary/aromatic N) is 1. The fourth-order valence-electron chi connectivity index (χ4n) is 2.61. The molecule has 0 spiro atoms. The van der Waals surface area contributed by atoms with E-state index in [1.54, 1.807) is 0 Å². The maximum atomic E-state index is 4.58. The third-order valence-electron chi connectivity index (χ3n) is 4.20. The molecule has 1 fully saturated rings. The Morgan fingerprint density at radius 2 is 2.00 bits per heavy atom. The molecule has 18 heavy (non-hydrogen) atoms. The summed E-state index contributed by atoms with van der Waals surface area (Å²) in [5.41, 5.74) is 4.69. The molecule has 1 aliphatic carbocycles. The molecule has 2 heteroatoms. The first-order valence-corrected chi connectivity index (χ1v) is 6.88. The van der Waals surface area contributed by atoms with E-state index in [1.807, 2.05) is 6.92 Å². The van der Waals surface area contributed by atoms with Crippen molar-refractivity contribution in [3.05, 3.63) is 35.7 Å². The maximum Gasteiger partial charge on any atom is 0.0858 e. The van der Waals surface area contributed by atoms with E-state index in [2.05, 4.69) is 42.9 Å². The first-order chi connectivity index (χ1) is 8.50. The first kappa shape index (κ1) is 13.1. The molecule has 0 unspecified atom stereocenters. The van der Waals surface area contributed by atoms with Crippen LogP contribution in [0.2, 0.25) is 0 Å². The van der Waals surface area contributed by atoms with Crippen molar-refractivity contribution in [3.63, 3.8) is 0 Å². The molecule has 1 heterocycles. The van der Waals surface area contributed by atoms with Gasteiger partial charge in [0.25, 0.3) is 0 Å². The molecular formula is C16H24N2. The lowest BCUT2D eigenvalue weighted by Crippen LogP contribution is -2.28. The number of hydrogen-bond donors (Lipinski definition) is 1. The van der Waals surface area contributed by atoms with Gasteiger partial charge in [-0.25, -0.2) is 0 Å². The van der Waals surface area contributed by atoms with E-state index in [1.165, 1.54) is 31.2 Å². The molecule has 1 aromatic heterocycles. The second kappa shape index (κ2) is 5.13. The van der Waals surface area contributed by atoms with Crippen molar-refractivity contribution in [1.29, 1.82) is 0 Å². The Morgan fingerprint density at radius 3 is 2.61 bits per heavy atom. The standard InChI is InChI=1S/C16H24N2/c1-12-7-8-15(18-13(12)2)14(3)17-11-16(4)9-5-6-10-16/h7-8,17H,3,5-6,9-11H2,1-2,4H3. The van der Waals surface area contributed by atoms with E-state index >= 15 is 0 Å². The van der Waals surface area contributed by atoms with Crippen molar-refractivity contribution >= 4 is 5.70 Å². The highest BCUT2D eigenvalue weighted by Gasteiger charge is 2.28. The van der Waals surface area contributed by atoms with E-state index in [-0.39, 0.29) is 0 Å². The Hall–Kier alpha value is -1.31. The van der Waals surface area contributed by atoms with Crippen LogP contribution in [0, 0.1) is 19.3 Å². The molecule has 0 bridgehead atoms. The Kier molecular flexibility index (Phi) is 3.74. The first-order valence-electron chi connectivity index (χ1n) is 6.88. The minimum Gasteiger partial charge on any atom is -0.383 e. The predicted molar refractivity (Wildman–Crippen MR) is 77.3 cm³/mol. The molecule has 0 aliphatic heterocycles. The van der Waals surface area contributed by atoms with Gasteiger partial charge in [-0.1, -0.05) is 32.4 Å². The average molecular weight is 244 g/mol. The lowest BCUT2D eigenvalue weighted by Gasteiger charge is -2.25. The van der Waals surface area contributed by atoms with Gasteiger partial charge < -0.3 is 5.32 Å². The zero-order valence-electron chi connectivity index (χ0n) is 11.8. The SMILES string of the molecule is C=C(NCC1(C)CCCC1)c1ccc(C)c(C)n1. The van der Waals surface area contributed by atoms with Gasteiger partial charge in [0, 0.05) is 12.2 Å². The van der Waals surface area contributed by atoms with Crippen LogP contribution in [-0.4, -0.2) is 11.5 Å². The van der Waals surface area contributed by atoms with Gasteiger partial charge in [0.2, 0.25) is 0 Å². The predicted octanol–water partition coefficient (Wildman–Crippen LogP) is 3.84. The number of pyridine rings is 1. The minimum absolute atomic E-state index is 0.447. The van der Waals surface area contributed by atoms with Crippen LogP contribution in [0.25, 0.3) is 5.70 Å².